The van der Waals surface area contributed by atoms with Crippen molar-refractivity contribution in [2.24, 2.45) is 0 Å². The van der Waals surface area contributed by atoms with Gasteiger partial charge in [0.2, 0.25) is 5.91 Å². The SMILES string of the molecule is CC(=O)N/C=C/O. The van der Waals surface area contributed by atoms with Gasteiger partial charge in [-0.25, -0.2) is 0 Å². The summed E-state index contributed by atoms with van der Waals surface area (Å²) >= 11 is 0. The predicted octanol–water partition coefficient (Wildman–Crippen LogP) is 0.152. The molecule has 0 aromatic rings. The Kier molecular flexibility index (Phi) is 2.76. The summed E-state index contributed by atoms with van der Waals surface area (Å²) in [6, 6.07) is 0. The van der Waals surface area contributed by atoms with Crippen LogP contribution in [0.4, 0.5) is 0 Å². The van der Waals surface area contributed by atoms with E-state index in [-0.39, 0.29) is 5.91 Å². The summed E-state index contributed by atoms with van der Waals surface area (Å²) in [4.78, 5) is 9.93. The molecule has 7 heavy (non-hydrogen) atoms. The van der Waals surface area contributed by atoms with E-state index in [2.05, 4.69) is 5.32 Å². The maximum absolute atomic E-state index is 9.93. The number of rotatable bonds is 1. The van der Waals surface area contributed by atoms with E-state index >= 15 is 0 Å². The van der Waals surface area contributed by atoms with Crippen molar-refractivity contribution in [2.45, 2.75) is 6.92 Å². The summed E-state index contributed by atoms with van der Waals surface area (Å²) in [5.74, 6) is -0.190. The van der Waals surface area contributed by atoms with Crippen molar-refractivity contribution in [3.05, 3.63) is 12.5 Å². The first-order valence-corrected chi connectivity index (χ1v) is 1.83. The van der Waals surface area contributed by atoms with Crippen molar-refractivity contribution < 1.29 is 9.90 Å². The van der Waals surface area contributed by atoms with Crippen LogP contribution in [0.15, 0.2) is 12.5 Å². The molecule has 0 aliphatic rings. The van der Waals surface area contributed by atoms with E-state index in [9.17, 15) is 4.79 Å². The van der Waals surface area contributed by atoms with Crippen LogP contribution in [-0.2, 0) is 4.79 Å². The first-order valence-electron chi connectivity index (χ1n) is 1.83. The third kappa shape index (κ3) is 5.01. The maximum Gasteiger partial charge on any atom is 0.220 e. The molecule has 0 saturated heterocycles. The van der Waals surface area contributed by atoms with Gasteiger partial charge in [0.25, 0.3) is 0 Å². The summed E-state index contributed by atoms with van der Waals surface area (Å²) in [6.07, 6.45) is 1.92. The fourth-order valence-corrected chi connectivity index (χ4v) is 0.155. The smallest absolute Gasteiger partial charge is 0.220 e. The number of nitrogens with one attached hydrogen (secondary N) is 1. The quantitative estimate of drug-likeness (QED) is 0.462. The van der Waals surface area contributed by atoms with Crippen LogP contribution < -0.4 is 5.32 Å². The van der Waals surface area contributed by atoms with Crippen LogP contribution in [0, 0.1) is 0 Å². The molecular weight excluding hydrogens is 94.0 g/mol. The van der Waals surface area contributed by atoms with Gasteiger partial charge in [-0.05, 0) is 0 Å². The molecule has 0 fully saturated rings. The number of amides is 1. The monoisotopic (exact) mass is 101 g/mol. The fraction of sp³-hybridized carbons (Fsp3) is 0.250. The first kappa shape index (κ1) is 6.01. The van der Waals surface area contributed by atoms with Crippen LogP contribution in [0.3, 0.4) is 0 Å². The summed E-state index contributed by atoms with van der Waals surface area (Å²) in [5, 5.41) is 10.1. The third-order valence-corrected chi connectivity index (χ3v) is 0.361. The van der Waals surface area contributed by atoms with E-state index in [4.69, 9.17) is 5.11 Å². The number of aliphatic hydroxyl groups excluding tert-OH is 1. The molecule has 0 aliphatic carbocycles. The standard InChI is InChI=1S/C4H7NO2/c1-4(7)5-2-3-6/h2-3,6H,1H3,(H,5,7)/b3-2+. The highest BCUT2D eigenvalue weighted by Crippen LogP contribution is 1.59. The Labute approximate surface area is 41.7 Å². The van der Waals surface area contributed by atoms with Gasteiger partial charge >= 0.3 is 0 Å². The number of hydrogen-bond acceptors (Lipinski definition) is 2. The number of aliphatic hydroxyl groups is 1. The minimum Gasteiger partial charge on any atom is -0.514 e. The lowest BCUT2D eigenvalue weighted by Crippen LogP contribution is -2.10. The van der Waals surface area contributed by atoms with E-state index in [0.717, 1.165) is 12.5 Å². The normalized spacial score (nSPS) is 9.29. The van der Waals surface area contributed by atoms with Crippen molar-refractivity contribution in [3.63, 3.8) is 0 Å². The first-order chi connectivity index (χ1) is 3.27. The zero-order chi connectivity index (χ0) is 5.70. The lowest BCUT2D eigenvalue weighted by Gasteiger charge is -1.84. The molecule has 3 heteroatoms. The van der Waals surface area contributed by atoms with Crippen LogP contribution in [0.5, 0.6) is 0 Å². The van der Waals surface area contributed by atoms with E-state index in [1.165, 1.54) is 6.92 Å². The van der Waals surface area contributed by atoms with Crippen molar-refractivity contribution in [1.82, 2.24) is 5.32 Å². The highest BCUT2D eigenvalue weighted by Gasteiger charge is 1.78. The fourth-order valence-electron chi connectivity index (χ4n) is 0.155. The molecule has 0 aromatic heterocycles. The van der Waals surface area contributed by atoms with Gasteiger partial charge in [0, 0.05) is 13.1 Å². The zero-order valence-electron chi connectivity index (χ0n) is 4.01. The number of carbonyl (C=O) groups is 1. The molecule has 2 N–H and O–H groups in total. The Morgan fingerprint density at radius 1 is 1.86 bits per heavy atom. The summed E-state index contributed by atoms with van der Waals surface area (Å²) in [7, 11) is 0. The number of carbonyl (C=O) groups excluding carboxylic acids is 1. The van der Waals surface area contributed by atoms with E-state index in [1.54, 1.807) is 0 Å². The molecule has 0 rings (SSSR count). The van der Waals surface area contributed by atoms with Gasteiger partial charge in [0.15, 0.2) is 0 Å². The van der Waals surface area contributed by atoms with Gasteiger partial charge in [0.05, 0.1) is 6.26 Å². The second kappa shape index (κ2) is 3.21. The van der Waals surface area contributed by atoms with Gasteiger partial charge < -0.3 is 10.4 Å². The Hall–Kier alpha value is -0.990. The molecule has 0 bridgehead atoms. The number of hydrogen-bond donors (Lipinski definition) is 2. The molecule has 0 saturated carbocycles. The average Bonchev–Trinajstić information content (AvgIpc) is 1.61. The highest BCUT2D eigenvalue weighted by molar-refractivity contribution is 5.73. The molecule has 40 valence electrons. The van der Waals surface area contributed by atoms with Gasteiger partial charge in [-0.2, -0.15) is 0 Å². The van der Waals surface area contributed by atoms with E-state index < -0.39 is 0 Å². The van der Waals surface area contributed by atoms with Gasteiger partial charge in [-0.15, -0.1) is 0 Å². The lowest BCUT2D eigenvalue weighted by atomic mass is 10.7. The van der Waals surface area contributed by atoms with E-state index in [1.807, 2.05) is 0 Å². The van der Waals surface area contributed by atoms with Crippen LogP contribution in [0.1, 0.15) is 6.92 Å². The van der Waals surface area contributed by atoms with Gasteiger partial charge in [-0.3, -0.25) is 4.79 Å². The molecule has 0 unspecified atom stereocenters. The third-order valence-electron chi connectivity index (χ3n) is 0.361. The van der Waals surface area contributed by atoms with Crippen molar-refractivity contribution in [1.29, 1.82) is 0 Å². The van der Waals surface area contributed by atoms with Crippen LogP contribution in [0.25, 0.3) is 0 Å². The van der Waals surface area contributed by atoms with Crippen molar-refractivity contribution in [3.8, 4) is 0 Å². The minimum atomic E-state index is -0.190. The molecule has 0 heterocycles. The van der Waals surface area contributed by atoms with Gasteiger partial charge in [0.1, 0.15) is 0 Å². The molecule has 0 spiro atoms. The van der Waals surface area contributed by atoms with Crippen molar-refractivity contribution >= 4 is 5.91 Å². The van der Waals surface area contributed by atoms with E-state index in [0.29, 0.717) is 0 Å². The van der Waals surface area contributed by atoms with Crippen LogP contribution in [-0.4, -0.2) is 11.0 Å². The van der Waals surface area contributed by atoms with Crippen LogP contribution in [0.2, 0.25) is 0 Å². The summed E-state index contributed by atoms with van der Waals surface area (Å²) in [6.45, 7) is 1.36. The Morgan fingerprint density at radius 3 is 2.57 bits per heavy atom. The zero-order valence-corrected chi connectivity index (χ0v) is 4.01. The topological polar surface area (TPSA) is 49.3 Å². The predicted molar refractivity (Wildman–Crippen MR) is 25.6 cm³/mol. The van der Waals surface area contributed by atoms with Gasteiger partial charge in [-0.1, -0.05) is 0 Å². The molecule has 3 nitrogen and oxygen atoms in total. The average molecular weight is 101 g/mol. The summed E-state index contributed by atoms with van der Waals surface area (Å²) < 4.78 is 0. The Balaban J connectivity index is 3.14. The molecular formula is C4H7NO2. The molecule has 0 radical (unpaired) electrons. The molecule has 1 amide bonds. The highest BCUT2D eigenvalue weighted by atomic mass is 16.2. The summed E-state index contributed by atoms with van der Waals surface area (Å²) in [5.41, 5.74) is 0. The second-order valence-corrected chi connectivity index (χ2v) is 1.02. The molecule has 0 atom stereocenters. The molecule has 0 aliphatic heterocycles. The van der Waals surface area contributed by atoms with Crippen molar-refractivity contribution in [2.75, 3.05) is 0 Å². The minimum absolute atomic E-state index is 0.190. The molecule has 0 aromatic carbocycles. The lowest BCUT2D eigenvalue weighted by molar-refractivity contribution is -0.118. The Morgan fingerprint density at radius 2 is 2.43 bits per heavy atom. The Bertz CT molecular complexity index is 87.7. The maximum atomic E-state index is 9.93. The second-order valence-electron chi connectivity index (χ2n) is 1.02. The largest absolute Gasteiger partial charge is 0.514 e. The van der Waals surface area contributed by atoms with Crippen LogP contribution >= 0.6 is 0 Å².